The van der Waals surface area contributed by atoms with E-state index in [0.29, 0.717) is 5.92 Å². The Morgan fingerprint density at radius 1 is 0.964 bits per heavy atom. The highest BCUT2D eigenvalue weighted by atomic mass is 19.2. The summed E-state index contributed by atoms with van der Waals surface area (Å²) in [5.74, 6) is -1.43. The minimum atomic E-state index is -0.974. The third-order valence-corrected chi connectivity index (χ3v) is 5.47. The Morgan fingerprint density at radius 2 is 1.68 bits per heavy atom. The van der Waals surface area contributed by atoms with Crippen LogP contribution in [0.3, 0.4) is 0 Å². The van der Waals surface area contributed by atoms with Gasteiger partial charge in [0, 0.05) is 5.56 Å². The van der Waals surface area contributed by atoms with Crippen LogP contribution >= 0.6 is 0 Å². The molecule has 1 aliphatic carbocycles. The molecule has 0 saturated heterocycles. The molecule has 150 valence electrons. The van der Waals surface area contributed by atoms with E-state index in [9.17, 15) is 8.78 Å². The lowest BCUT2D eigenvalue weighted by atomic mass is 9.82. The van der Waals surface area contributed by atoms with Crippen molar-refractivity contribution in [2.45, 2.75) is 64.6 Å². The van der Waals surface area contributed by atoms with Crippen molar-refractivity contribution in [3.05, 3.63) is 77.1 Å². The first-order chi connectivity index (χ1) is 13.6. The zero-order valence-corrected chi connectivity index (χ0v) is 16.6. The lowest BCUT2D eigenvalue weighted by Gasteiger charge is -2.29. The fraction of sp³-hybridized carbons (Fsp3) is 0.417. The third-order valence-electron chi connectivity index (χ3n) is 5.47. The van der Waals surface area contributed by atoms with Crippen LogP contribution in [0.5, 0.6) is 5.75 Å². The molecule has 1 fully saturated rings. The van der Waals surface area contributed by atoms with Gasteiger partial charge in [-0.1, -0.05) is 37.3 Å². The second-order valence-electron chi connectivity index (χ2n) is 7.32. The van der Waals surface area contributed by atoms with Gasteiger partial charge in [-0.3, -0.25) is 0 Å². The number of halogens is 2. The van der Waals surface area contributed by atoms with Crippen molar-refractivity contribution in [3.63, 3.8) is 0 Å². The van der Waals surface area contributed by atoms with Gasteiger partial charge in [-0.2, -0.15) is 4.39 Å². The van der Waals surface area contributed by atoms with Gasteiger partial charge in [0.2, 0.25) is 5.82 Å². The quantitative estimate of drug-likeness (QED) is 0.494. The van der Waals surface area contributed by atoms with Crippen LogP contribution in [-0.4, -0.2) is 6.10 Å². The molecule has 4 heteroatoms. The topological polar surface area (TPSA) is 18.5 Å². The Balaban J connectivity index is 1.52. The predicted octanol–water partition coefficient (Wildman–Crippen LogP) is 6.68. The molecule has 0 aromatic heterocycles. The maximum absolute atomic E-state index is 14.2. The van der Waals surface area contributed by atoms with E-state index in [0.717, 1.165) is 32.1 Å². The van der Waals surface area contributed by atoms with E-state index in [1.807, 2.05) is 0 Å². The van der Waals surface area contributed by atoms with E-state index < -0.39 is 11.6 Å². The zero-order chi connectivity index (χ0) is 19.9. The first kappa shape index (κ1) is 20.5. The molecule has 1 aliphatic rings. The van der Waals surface area contributed by atoms with Gasteiger partial charge in [0.05, 0.1) is 19.0 Å². The molecule has 0 radical (unpaired) electrons. The summed E-state index contributed by atoms with van der Waals surface area (Å²) in [6.45, 7) is 3.98. The summed E-state index contributed by atoms with van der Waals surface area (Å²) in [5.41, 5.74) is 2.97. The molecule has 0 aliphatic heterocycles. The number of hydrogen-bond acceptors (Lipinski definition) is 2. The number of benzene rings is 2. The van der Waals surface area contributed by atoms with Crippen molar-refractivity contribution in [3.8, 4) is 5.75 Å². The van der Waals surface area contributed by atoms with Crippen LogP contribution in [0.25, 0.3) is 0 Å². The van der Waals surface area contributed by atoms with Crippen molar-refractivity contribution in [1.29, 1.82) is 0 Å². The molecule has 0 N–H and O–H groups in total. The van der Waals surface area contributed by atoms with Gasteiger partial charge in [0.25, 0.3) is 0 Å². The monoisotopic (exact) mass is 386 g/mol. The maximum Gasteiger partial charge on any atom is 0.201 e. The number of ether oxygens (including phenoxy) is 2. The number of aryl methyl sites for hydroxylation is 1. The summed E-state index contributed by atoms with van der Waals surface area (Å²) in [5, 5.41) is 0. The Kier molecular flexibility index (Phi) is 7.21. The van der Waals surface area contributed by atoms with E-state index in [4.69, 9.17) is 9.47 Å². The van der Waals surface area contributed by atoms with Crippen LogP contribution in [0.4, 0.5) is 8.78 Å². The van der Waals surface area contributed by atoms with Crippen LogP contribution in [0.1, 0.15) is 62.1 Å². The maximum atomic E-state index is 14.2. The summed E-state index contributed by atoms with van der Waals surface area (Å²) in [6, 6.07) is 11.9. The van der Waals surface area contributed by atoms with Crippen molar-refractivity contribution in [1.82, 2.24) is 0 Å². The molecule has 2 nitrogen and oxygen atoms in total. The predicted molar refractivity (Wildman–Crippen MR) is 107 cm³/mol. The largest absolute Gasteiger partial charge is 0.462 e. The highest BCUT2D eigenvalue weighted by Crippen LogP contribution is 2.34. The fourth-order valence-electron chi connectivity index (χ4n) is 3.71. The zero-order valence-electron chi connectivity index (χ0n) is 16.6. The minimum Gasteiger partial charge on any atom is -0.462 e. The normalized spacial score (nSPS) is 19.9. The number of allylic oxidation sites excluding steroid dienone is 1. The van der Waals surface area contributed by atoms with Gasteiger partial charge in [-0.05, 0) is 68.2 Å². The first-order valence-electron chi connectivity index (χ1n) is 10.1. The highest BCUT2D eigenvalue weighted by Gasteiger charge is 2.23. The summed E-state index contributed by atoms with van der Waals surface area (Å²) in [7, 11) is 0. The molecule has 0 amide bonds. The number of rotatable bonds is 7. The highest BCUT2D eigenvalue weighted by molar-refractivity contribution is 5.31. The Labute approximate surface area is 166 Å². The second-order valence-corrected chi connectivity index (χ2v) is 7.32. The molecule has 0 unspecified atom stereocenters. The van der Waals surface area contributed by atoms with Gasteiger partial charge in [0.15, 0.2) is 11.6 Å². The molecule has 2 aromatic rings. The van der Waals surface area contributed by atoms with Crippen molar-refractivity contribution in [2.75, 3.05) is 0 Å². The van der Waals surface area contributed by atoms with Crippen LogP contribution in [-0.2, 0) is 17.8 Å². The Bertz CT molecular complexity index is 791. The summed E-state index contributed by atoms with van der Waals surface area (Å²) >= 11 is 0. The van der Waals surface area contributed by atoms with Gasteiger partial charge in [0.1, 0.15) is 0 Å². The number of hydrogen-bond donors (Lipinski definition) is 0. The van der Waals surface area contributed by atoms with Crippen LogP contribution < -0.4 is 4.74 Å². The van der Waals surface area contributed by atoms with E-state index in [-0.39, 0.29) is 24.0 Å². The van der Waals surface area contributed by atoms with E-state index in [2.05, 4.69) is 31.2 Å². The average molecular weight is 386 g/mol. The molecule has 0 spiro atoms. The average Bonchev–Trinajstić information content (AvgIpc) is 2.74. The fourth-order valence-corrected chi connectivity index (χ4v) is 3.71. The standard InChI is InChI=1S/C24H28F2O2/c1-3-15-27-22-14-11-20(23(25)24(22)26)16-28-21-12-9-19(10-13-21)18-7-5-17(4-2)6-8-18/h3,5-8,11,14-15,19,21H,4,9-10,12-13,16H2,1-2H3/b15-3+. The molecule has 28 heavy (non-hydrogen) atoms. The summed E-state index contributed by atoms with van der Waals surface area (Å²) in [6.07, 6.45) is 8.07. The third kappa shape index (κ3) is 4.99. The SMILES string of the molecule is C/C=C/Oc1ccc(COC2CCC(c3ccc(CC)cc3)CC2)c(F)c1F. The lowest BCUT2D eigenvalue weighted by Crippen LogP contribution is -2.21. The lowest BCUT2D eigenvalue weighted by molar-refractivity contribution is 0.0118. The van der Waals surface area contributed by atoms with Gasteiger partial charge in [-0.15, -0.1) is 0 Å². The van der Waals surface area contributed by atoms with Crippen LogP contribution in [0.2, 0.25) is 0 Å². The van der Waals surface area contributed by atoms with Crippen LogP contribution in [0.15, 0.2) is 48.7 Å². The molecule has 3 rings (SSSR count). The van der Waals surface area contributed by atoms with Crippen molar-refractivity contribution in [2.24, 2.45) is 0 Å². The second kappa shape index (κ2) is 9.83. The van der Waals surface area contributed by atoms with Crippen molar-refractivity contribution >= 4 is 0 Å². The van der Waals surface area contributed by atoms with Gasteiger partial charge >= 0.3 is 0 Å². The van der Waals surface area contributed by atoms with Crippen molar-refractivity contribution < 1.29 is 18.3 Å². The molecule has 1 saturated carbocycles. The smallest absolute Gasteiger partial charge is 0.201 e. The molecular formula is C24H28F2O2. The van der Waals surface area contributed by atoms with Gasteiger partial charge < -0.3 is 9.47 Å². The molecular weight excluding hydrogens is 358 g/mol. The van der Waals surface area contributed by atoms with E-state index >= 15 is 0 Å². The van der Waals surface area contributed by atoms with E-state index in [1.54, 1.807) is 13.0 Å². The molecule has 2 aromatic carbocycles. The van der Waals surface area contributed by atoms with Gasteiger partial charge in [-0.25, -0.2) is 4.39 Å². The first-order valence-corrected chi connectivity index (χ1v) is 10.1. The van der Waals surface area contributed by atoms with Crippen LogP contribution in [0, 0.1) is 11.6 Å². The summed E-state index contributed by atoms with van der Waals surface area (Å²) in [4.78, 5) is 0. The Morgan fingerprint density at radius 3 is 2.32 bits per heavy atom. The molecule has 0 atom stereocenters. The molecule has 0 bridgehead atoms. The molecule has 0 heterocycles. The summed E-state index contributed by atoms with van der Waals surface area (Å²) < 4.78 is 39.2. The minimum absolute atomic E-state index is 0.0766. The Hall–Kier alpha value is -2.20. The van der Waals surface area contributed by atoms with E-state index in [1.165, 1.54) is 29.5 Å².